The number of hydrogen-bond donors (Lipinski definition) is 0. The molecule has 0 spiro atoms. The van der Waals surface area contributed by atoms with Crippen LogP contribution in [0.2, 0.25) is 0 Å². The van der Waals surface area contributed by atoms with Crippen LogP contribution < -0.4 is 0 Å². The van der Waals surface area contributed by atoms with Gasteiger partial charge in [-0.2, -0.15) is 9.97 Å². The quantitative estimate of drug-likeness (QED) is 0.156. The molecule has 0 fully saturated rings. The van der Waals surface area contributed by atoms with Gasteiger partial charge in [0.25, 0.3) is 0 Å². The first-order chi connectivity index (χ1) is 33.7. The van der Waals surface area contributed by atoms with Crippen molar-refractivity contribution in [1.82, 2.24) is 24.1 Å². The second kappa shape index (κ2) is 15.2. The van der Waals surface area contributed by atoms with E-state index in [0.717, 1.165) is 60.8 Å². The maximum Gasteiger partial charge on any atom is 0.238 e. The second-order valence-electron chi connectivity index (χ2n) is 17.6. The highest BCUT2D eigenvalue weighted by atomic mass is 15.2. The summed E-state index contributed by atoms with van der Waals surface area (Å²) in [6, 6.07) is 84.6. The van der Waals surface area contributed by atoms with Gasteiger partial charge in [0.15, 0.2) is 11.6 Å². The lowest BCUT2D eigenvalue weighted by Gasteiger charge is -2.13. The van der Waals surface area contributed by atoms with Crippen LogP contribution in [0, 0.1) is 0 Å². The van der Waals surface area contributed by atoms with Crippen molar-refractivity contribution in [1.29, 1.82) is 0 Å². The molecule has 316 valence electrons. The van der Waals surface area contributed by atoms with Crippen LogP contribution in [0.1, 0.15) is 0 Å². The Hall–Kier alpha value is -9.19. The van der Waals surface area contributed by atoms with Gasteiger partial charge in [0.05, 0.1) is 22.1 Å². The summed E-state index contributed by atoms with van der Waals surface area (Å²) in [6.07, 6.45) is 0. The topological polar surface area (TPSA) is 48.5 Å². The van der Waals surface area contributed by atoms with E-state index in [1.54, 1.807) is 0 Å². The summed E-state index contributed by atoms with van der Waals surface area (Å²) in [7, 11) is 0. The third-order valence-electron chi connectivity index (χ3n) is 13.8. The number of nitrogens with zero attached hydrogens (tertiary/aromatic N) is 5. The molecule has 0 aliphatic rings. The van der Waals surface area contributed by atoms with Crippen LogP contribution in [-0.4, -0.2) is 24.1 Å². The van der Waals surface area contributed by atoms with Gasteiger partial charge in [-0.25, -0.2) is 4.98 Å². The van der Waals surface area contributed by atoms with E-state index >= 15 is 0 Å². The molecule has 5 nitrogen and oxygen atoms in total. The van der Waals surface area contributed by atoms with E-state index in [-0.39, 0.29) is 0 Å². The third-order valence-corrected chi connectivity index (χ3v) is 13.8. The fraction of sp³-hybridized carbons (Fsp3) is 0. The van der Waals surface area contributed by atoms with Crippen molar-refractivity contribution in [3.8, 4) is 56.7 Å². The SMILES string of the molecule is c1ccc(-c2cccc(-c3nc(-c4ccccc4)nc(-n4c5ccccc5c5c4ccc4c6ccccc6n(-c6ccc(-c7ccc8c9ccccc9c9ccccc9c8c7)cc6)c45)n3)c2)cc1. The molecular weight excluding hydrogens is 827 g/mol. The molecular formula is C63H39N5. The van der Waals surface area contributed by atoms with Crippen LogP contribution in [0.4, 0.5) is 0 Å². The summed E-state index contributed by atoms with van der Waals surface area (Å²) in [5.74, 6) is 1.79. The van der Waals surface area contributed by atoms with Gasteiger partial charge in [0.1, 0.15) is 0 Å². The van der Waals surface area contributed by atoms with Crippen LogP contribution >= 0.6 is 0 Å². The average Bonchev–Trinajstić information content (AvgIpc) is 3.94. The summed E-state index contributed by atoms with van der Waals surface area (Å²) < 4.78 is 4.66. The van der Waals surface area contributed by atoms with Gasteiger partial charge in [0, 0.05) is 38.4 Å². The molecule has 3 aromatic heterocycles. The molecule has 68 heavy (non-hydrogen) atoms. The van der Waals surface area contributed by atoms with Crippen LogP contribution in [-0.2, 0) is 0 Å². The Morgan fingerprint density at radius 3 is 1.41 bits per heavy atom. The Morgan fingerprint density at radius 2 is 0.721 bits per heavy atom. The maximum atomic E-state index is 5.33. The zero-order valence-electron chi connectivity index (χ0n) is 36.8. The van der Waals surface area contributed by atoms with Gasteiger partial charge >= 0.3 is 0 Å². The van der Waals surface area contributed by atoms with E-state index < -0.39 is 0 Å². The second-order valence-corrected chi connectivity index (χ2v) is 17.6. The molecule has 0 saturated heterocycles. The predicted octanol–water partition coefficient (Wildman–Crippen LogP) is 16.2. The Morgan fingerprint density at radius 1 is 0.250 bits per heavy atom. The highest BCUT2D eigenvalue weighted by molar-refractivity contribution is 6.27. The normalized spacial score (nSPS) is 11.8. The van der Waals surface area contributed by atoms with Crippen molar-refractivity contribution >= 4 is 75.9 Å². The number of benzene rings is 11. The lowest BCUT2D eigenvalue weighted by atomic mass is 9.92. The third kappa shape index (κ3) is 5.93. The molecule has 0 aliphatic heterocycles. The van der Waals surface area contributed by atoms with Crippen molar-refractivity contribution in [2.45, 2.75) is 0 Å². The number of rotatable bonds is 6. The largest absolute Gasteiger partial charge is 0.309 e. The van der Waals surface area contributed by atoms with Gasteiger partial charge < -0.3 is 4.57 Å². The Balaban J connectivity index is 0.968. The maximum absolute atomic E-state index is 5.33. The number of para-hydroxylation sites is 2. The smallest absolute Gasteiger partial charge is 0.238 e. The zero-order chi connectivity index (χ0) is 44.7. The molecule has 0 amide bonds. The van der Waals surface area contributed by atoms with E-state index in [1.807, 2.05) is 24.3 Å². The van der Waals surface area contributed by atoms with Crippen LogP contribution in [0.15, 0.2) is 237 Å². The minimum atomic E-state index is 0.563. The first-order valence-electron chi connectivity index (χ1n) is 23.1. The predicted molar refractivity (Wildman–Crippen MR) is 283 cm³/mol. The van der Waals surface area contributed by atoms with Gasteiger partial charge in [0.2, 0.25) is 5.95 Å². The van der Waals surface area contributed by atoms with Crippen LogP contribution in [0.25, 0.3) is 133 Å². The molecule has 0 atom stereocenters. The van der Waals surface area contributed by atoms with E-state index in [9.17, 15) is 0 Å². The summed E-state index contributed by atoms with van der Waals surface area (Å²) in [5.41, 5.74) is 11.9. The highest BCUT2D eigenvalue weighted by Gasteiger charge is 2.23. The molecule has 0 bridgehead atoms. The fourth-order valence-electron chi connectivity index (χ4n) is 10.7. The Kier molecular flexibility index (Phi) is 8.52. The Bertz CT molecular complexity index is 4270. The van der Waals surface area contributed by atoms with Crippen molar-refractivity contribution < 1.29 is 0 Å². The zero-order valence-corrected chi connectivity index (χ0v) is 36.8. The first kappa shape index (κ1) is 38.1. The Labute approximate surface area is 391 Å². The number of hydrogen-bond acceptors (Lipinski definition) is 3. The monoisotopic (exact) mass is 865 g/mol. The molecule has 11 aromatic carbocycles. The van der Waals surface area contributed by atoms with Gasteiger partial charge in [-0.05, 0) is 97.0 Å². The van der Waals surface area contributed by atoms with E-state index in [1.165, 1.54) is 54.2 Å². The lowest BCUT2D eigenvalue weighted by Crippen LogP contribution is -2.06. The average molecular weight is 866 g/mol. The summed E-state index contributed by atoms with van der Waals surface area (Å²) in [5, 5.41) is 12.3. The molecule has 0 radical (unpaired) electrons. The molecule has 0 unspecified atom stereocenters. The molecule has 14 rings (SSSR count). The summed E-state index contributed by atoms with van der Waals surface area (Å²) >= 11 is 0. The van der Waals surface area contributed by atoms with Crippen LogP contribution in [0.5, 0.6) is 0 Å². The lowest BCUT2D eigenvalue weighted by molar-refractivity contribution is 0.953. The van der Waals surface area contributed by atoms with E-state index in [4.69, 9.17) is 15.0 Å². The van der Waals surface area contributed by atoms with E-state index in [0.29, 0.717) is 17.6 Å². The first-order valence-corrected chi connectivity index (χ1v) is 23.1. The van der Waals surface area contributed by atoms with Gasteiger partial charge in [-0.1, -0.05) is 194 Å². The fourth-order valence-corrected chi connectivity index (χ4v) is 10.7. The summed E-state index contributed by atoms with van der Waals surface area (Å²) in [4.78, 5) is 15.8. The standard InChI is InChI=1S/C63H39N5/c1-3-16-40(17-4-1)43-20-15-21-45(38-43)62-64-61(42-18-5-2-6-19-42)65-63(66-62)68-57-29-14-12-27-54(57)59-58(68)37-36-53-52-26-11-13-28-56(52)67(60(53)59)46-33-30-41(31-34-46)44-32-35-51-49-24-8-7-22-47(49)48-23-9-10-25-50(48)55(51)39-44/h1-39H. The minimum Gasteiger partial charge on any atom is -0.309 e. The van der Waals surface area contributed by atoms with Gasteiger partial charge in [-0.15, -0.1) is 0 Å². The van der Waals surface area contributed by atoms with Crippen molar-refractivity contribution in [2.24, 2.45) is 0 Å². The number of aromatic nitrogens is 5. The molecule has 14 aromatic rings. The summed E-state index contributed by atoms with van der Waals surface area (Å²) in [6.45, 7) is 0. The van der Waals surface area contributed by atoms with Crippen molar-refractivity contribution in [3.05, 3.63) is 237 Å². The molecule has 0 saturated carbocycles. The van der Waals surface area contributed by atoms with Crippen molar-refractivity contribution in [3.63, 3.8) is 0 Å². The van der Waals surface area contributed by atoms with E-state index in [2.05, 4.69) is 221 Å². The molecule has 3 heterocycles. The molecule has 0 N–H and O–H groups in total. The number of fused-ring (bicyclic) bond motifs is 13. The van der Waals surface area contributed by atoms with Crippen LogP contribution in [0.3, 0.4) is 0 Å². The molecule has 5 heteroatoms. The molecule has 0 aliphatic carbocycles. The van der Waals surface area contributed by atoms with Gasteiger partial charge in [-0.3, -0.25) is 4.57 Å². The highest BCUT2D eigenvalue weighted by Crippen LogP contribution is 2.43. The minimum absolute atomic E-state index is 0.563. The van der Waals surface area contributed by atoms with Crippen molar-refractivity contribution in [2.75, 3.05) is 0 Å².